The number of nitrogens with one attached hydrogen (secondary N) is 1. The van der Waals surface area contributed by atoms with Crippen molar-refractivity contribution < 1.29 is 23.0 Å². The fraction of sp³-hybridized carbons (Fsp3) is 0.188. The molecule has 0 aliphatic heterocycles. The van der Waals surface area contributed by atoms with Crippen LogP contribution in [0.2, 0.25) is 0 Å². The van der Waals surface area contributed by atoms with Gasteiger partial charge < -0.3 is 14.8 Å². The Labute approximate surface area is 140 Å². The molecule has 0 radical (unpaired) electrons. The van der Waals surface area contributed by atoms with E-state index < -0.39 is 12.7 Å². The number of para-hydroxylation sites is 1. The van der Waals surface area contributed by atoms with E-state index in [4.69, 9.17) is 4.74 Å². The minimum Gasteiger partial charge on any atom is -0.480 e. The van der Waals surface area contributed by atoms with Gasteiger partial charge in [0.15, 0.2) is 6.10 Å². The second kappa shape index (κ2) is 7.92. The van der Waals surface area contributed by atoms with E-state index in [-0.39, 0.29) is 11.7 Å². The number of hydrogen-bond acceptors (Lipinski definition) is 3. The Hall–Kier alpha value is -2.15. The van der Waals surface area contributed by atoms with Crippen molar-refractivity contribution in [3.05, 3.63) is 53.0 Å². The van der Waals surface area contributed by atoms with Crippen LogP contribution in [-0.2, 0) is 4.79 Å². The van der Waals surface area contributed by atoms with Gasteiger partial charge in [-0.25, -0.2) is 0 Å². The fourth-order valence-corrected chi connectivity index (χ4v) is 2.13. The van der Waals surface area contributed by atoms with Gasteiger partial charge in [-0.3, -0.25) is 4.79 Å². The Morgan fingerprint density at radius 2 is 1.74 bits per heavy atom. The zero-order chi connectivity index (χ0) is 16.8. The highest BCUT2D eigenvalue weighted by Gasteiger charge is 2.16. The summed E-state index contributed by atoms with van der Waals surface area (Å²) in [7, 11) is 0. The van der Waals surface area contributed by atoms with E-state index in [1.165, 1.54) is 24.3 Å². The van der Waals surface area contributed by atoms with E-state index in [1.807, 2.05) is 12.1 Å². The van der Waals surface area contributed by atoms with Crippen molar-refractivity contribution in [2.75, 3.05) is 5.32 Å². The molecule has 0 aliphatic rings. The minimum absolute atomic E-state index is 0.0236. The fourth-order valence-electron chi connectivity index (χ4n) is 1.75. The maximum atomic E-state index is 12.1. The molecule has 1 atom stereocenters. The highest BCUT2D eigenvalue weighted by atomic mass is 79.9. The van der Waals surface area contributed by atoms with Crippen LogP contribution in [0.15, 0.2) is 53.0 Å². The highest BCUT2D eigenvalue weighted by Crippen LogP contribution is 2.25. The van der Waals surface area contributed by atoms with Gasteiger partial charge in [0.05, 0.1) is 4.47 Å². The van der Waals surface area contributed by atoms with Gasteiger partial charge in [-0.15, -0.1) is 0 Å². The van der Waals surface area contributed by atoms with Crippen molar-refractivity contribution in [2.45, 2.75) is 19.6 Å². The van der Waals surface area contributed by atoms with Gasteiger partial charge in [0.1, 0.15) is 11.5 Å². The van der Waals surface area contributed by atoms with Crippen LogP contribution in [0, 0.1) is 0 Å². The summed E-state index contributed by atoms with van der Waals surface area (Å²) in [5, 5.41) is 2.64. The zero-order valence-corrected chi connectivity index (χ0v) is 13.7. The molecule has 1 unspecified atom stereocenters. The van der Waals surface area contributed by atoms with E-state index in [1.54, 1.807) is 19.1 Å². The SMILES string of the molecule is CC(Oc1ccccc1Br)C(=O)Nc1ccc(OC(F)F)cc1. The summed E-state index contributed by atoms with van der Waals surface area (Å²) >= 11 is 3.34. The topological polar surface area (TPSA) is 47.6 Å². The molecular formula is C16H14BrF2NO3. The summed E-state index contributed by atoms with van der Waals surface area (Å²) in [4.78, 5) is 12.1. The molecule has 0 bridgehead atoms. The summed E-state index contributed by atoms with van der Waals surface area (Å²) in [6.45, 7) is -1.27. The number of benzene rings is 2. The van der Waals surface area contributed by atoms with Crippen molar-refractivity contribution >= 4 is 27.5 Å². The lowest BCUT2D eigenvalue weighted by Gasteiger charge is -2.16. The molecule has 0 heterocycles. The molecule has 122 valence electrons. The molecule has 4 nitrogen and oxygen atoms in total. The number of alkyl halides is 2. The van der Waals surface area contributed by atoms with Gasteiger partial charge in [0.25, 0.3) is 5.91 Å². The average molecular weight is 386 g/mol. The number of hydrogen-bond donors (Lipinski definition) is 1. The van der Waals surface area contributed by atoms with Crippen LogP contribution in [0.3, 0.4) is 0 Å². The third-order valence-electron chi connectivity index (χ3n) is 2.86. The Bertz CT molecular complexity index is 665. The van der Waals surface area contributed by atoms with Crippen LogP contribution in [-0.4, -0.2) is 18.6 Å². The molecule has 0 fully saturated rings. The van der Waals surface area contributed by atoms with Crippen LogP contribution in [0.5, 0.6) is 11.5 Å². The number of ether oxygens (including phenoxy) is 2. The summed E-state index contributed by atoms with van der Waals surface area (Å²) < 4.78 is 34.7. The van der Waals surface area contributed by atoms with Gasteiger partial charge in [0.2, 0.25) is 0 Å². The number of carbonyl (C=O) groups excluding carboxylic acids is 1. The Morgan fingerprint density at radius 1 is 1.09 bits per heavy atom. The standard InChI is InChI=1S/C16H14BrF2NO3/c1-10(22-14-5-3-2-4-13(14)17)15(21)20-11-6-8-12(9-7-11)23-16(18)19/h2-10,16H,1H3,(H,20,21). The molecule has 0 saturated carbocycles. The largest absolute Gasteiger partial charge is 0.480 e. The Morgan fingerprint density at radius 3 is 2.35 bits per heavy atom. The van der Waals surface area contributed by atoms with Crippen LogP contribution < -0.4 is 14.8 Å². The van der Waals surface area contributed by atoms with Crippen LogP contribution in [0.25, 0.3) is 0 Å². The molecule has 2 rings (SSSR count). The molecule has 0 saturated heterocycles. The smallest absolute Gasteiger partial charge is 0.387 e. The third-order valence-corrected chi connectivity index (χ3v) is 3.51. The number of amides is 1. The van der Waals surface area contributed by atoms with Gasteiger partial charge in [-0.1, -0.05) is 12.1 Å². The van der Waals surface area contributed by atoms with E-state index in [9.17, 15) is 13.6 Å². The van der Waals surface area contributed by atoms with E-state index >= 15 is 0 Å². The zero-order valence-electron chi connectivity index (χ0n) is 12.1. The van der Waals surface area contributed by atoms with E-state index in [0.717, 1.165) is 4.47 Å². The molecule has 2 aromatic carbocycles. The number of anilines is 1. The molecule has 1 N–H and O–H groups in total. The van der Waals surface area contributed by atoms with Crippen LogP contribution in [0.4, 0.5) is 14.5 Å². The molecule has 7 heteroatoms. The van der Waals surface area contributed by atoms with Crippen molar-refractivity contribution in [3.63, 3.8) is 0 Å². The van der Waals surface area contributed by atoms with E-state index in [2.05, 4.69) is 26.0 Å². The first kappa shape index (κ1) is 17.2. The Balaban J connectivity index is 1.94. The predicted molar refractivity (Wildman–Crippen MR) is 85.9 cm³/mol. The molecule has 23 heavy (non-hydrogen) atoms. The quantitative estimate of drug-likeness (QED) is 0.798. The molecular weight excluding hydrogens is 372 g/mol. The summed E-state index contributed by atoms with van der Waals surface area (Å²) in [6, 6.07) is 12.8. The maximum absolute atomic E-state index is 12.1. The molecule has 0 aromatic heterocycles. The first-order chi connectivity index (χ1) is 11.0. The van der Waals surface area contributed by atoms with Crippen molar-refractivity contribution in [1.82, 2.24) is 0 Å². The highest BCUT2D eigenvalue weighted by molar-refractivity contribution is 9.10. The number of halogens is 3. The lowest BCUT2D eigenvalue weighted by Crippen LogP contribution is -2.30. The Kier molecular flexibility index (Phi) is 5.92. The summed E-state index contributed by atoms with van der Waals surface area (Å²) in [5.74, 6) is 0.217. The predicted octanol–water partition coefficient (Wildman–Crippen LogP) is 4.46. The van der Waals surface area contributed by atoms with Gasteiger partial charge in [-0.2, -0.15) is 8.78 Å². The second-order valence-electron chi connectivity index (χ2n) is 4.58. The van der Waals surface area contributed by atoms with Crippen molar-refractivity contribution in [3.8, 4) is 11.5 Å². The summed E-state index contributed by atoms with van der Waals surface area (Å²) in [6.07, 6.45) is -0.731. The second-order valence-corrected chi connectivity index (χ2v) is 5.44. The molecule has 1 amide bonds. The van der Waals surface area contributed by atoms with E-state index in [0.29, 0.717) is 11.4 Å². The van der Waals surface area contributed by atoms with Crippen LogP contribution in [0.1, 0.15) is 6.92 Å². The minimum atomic E-state index is -2.88. The van der Waals surface area contributed by atoms with Crippen molar-refractivity contribution in [2.24, 2.45) is 0 Å². The maximum Gasteiger partial charge on any atom is 0.387 e. The average Bonchev–Trinajstić information content (AvgIpc) is 2.51. The summed E-state index contributed by atoms with van der Waals surface area (Å²) in [5.41, 5.74) is 0.458. The molecule has 0 aliphatic carbocycles. The normalized spacial score (nSPS) is 11.9. The van der Waals surface area contributed by atoms with Gasteiger partial charge in [-0.05, 0) is 59.3 Å². The monoisotopic (exact) mass is 385 g/mol. The van der Waals surface area contributed by atoms with Crippen LogP contribution >= 0.6 is 15.9 Å². The number of rotatable bonds is 6. The van der Waals surface area contributed by atoms with Gasteiger partial charge in [0, 0.05) is 5.69 Å². The first-order valence-corrected chi connectivity index (χ1v) is 7.52. The first-order valence-electron chi connectivity index (χ1n) is 6.72. The number of carbonyl (C=O) groups is 1. The van der Waals surface area contributed by atoms with Gasteiger partial charge >= 0.3 is 6.61 Å². The lowest BCUT2D eigenvalue weighted by molar-refractivity contribution is -0.122. The third kappa shape index (κ3) is 5.21. The molecule has 2 aromatic rings. The molecule has 0 spiro atoms. The lowest BCUT2D eigenvalue weighted by atomic mass is 10.2. The van der Waals surface area contributed by atoms with Crippen molar-refractivity contribution in [1.29, 1.82) is 0 Å².